The van der Waals surface area contributed by atoms with Crippen molar-refractivity contribution in [3.8, 4) is 28.7 Å². The number of aromatic hydroxyl groups is 1. The lowest BCUT2D eigenvalue weighted by atomic mass is 10.2. The molecule has 2 aromatic carbocycles. The lowest BCUT2D eigenvalue weighted by molar-refractivity contribution is -0.114. The molecule has 2 N–H and O–H groups in total. The van der Waals surface area contributed by atoms with E-state index in [1.165, 1.54) is 41.4 Å². The minimum atomic E-state index is -0.372. The quantitative estimate of drug-likeness (QED) is 0.562. The standard InChI is InChI=1S/C18H21N3O6/c1-10(22)19-16-12(6-7-13(24-2)17(16)23)21-20-11-8-14(25-3)18(27-5)15(9-11)26-4/h6-9,23H,1-5H3,(H,19,22)/b21-20+. The zero-order chi connectivity index (χ0) is 20.0. The first kappa shape index (κ1) is 19.8. The van der Waals surface area contributed by atoms with Crippen molar-refractivity contribution >= 4 is 23.0 Å². The molecule has 2 aromatic rings. The predicted molar refractivity (Wildman–Crippen MR) is 99.2 cm³/mol. The van der Waals surface area contributed by atoms with Crippen LogP contribution in [0.25, 0.3) is 0 Å². The minimum absolute atomic E-state index is 0.0954. The van der Waals surface area contributed by atoms with Crippen molar-refractivity contribution in [2.24, 2.45) is 10.2 Å². The summed E-state index contributed by atoms with van der Waals surface area (Å²) in [6.45, 7) is 1.32. The van der Waals surface area contributed by atoms with Gasteiger partial charge in [0.2, 0.25) is 11.7 Å². The van der Waals surface area contributed by atoms with E-state index >= 15 is 0 Å². The van der Waals surface area contributed by atoms with Gasteiger partial charge >= 0.3 is 0 Å². The summed E-state index contributed by atoms with van der Waals surface area (Å²) >= 11 is 0. The number of carbonyl (C=O) groups excluding carboxylic acids is 1. The Morgan fingerprint density at radius 1 is 0.926 bits per heavy atom. The summed E-state index contributed by atoms with van der Waals surface area (Å²) in [5, 5.41) is 21.0. The molecule has 0 aliphatic heterocycles. The van der Waals surface area contributed by atoms with Crippen LogP contribution < -0.4 is 24.3 Å². The Morgan fingerprint density at radius 2 is 1.52 bits per heavy atom. The third kappa shape index (κ3) is 4.38. The number of phenols is 1. The third-order valence-corrected chi connectivity index (χ3v) is 3.56. The fourth-order valence-electron chi connectivity index (χ4n) is 2.35. The van der Waals surface area contributed by atoms with Crippen LogP contribution in [0.15, 0.2) is 34.5 Å². The molecule has 0 saturated heterocycles. The number of hydrogen-bond acceptors (Lipinski definition) is 8. The Balaban J connectivity index is 2.49. The molecular formula is C18H21N3O6. The molecule has 0 spiro atoms. The number of amides is 1. The normalized spacial score (nSPS) is 10.6. The van der Waals surface area contributed by atoms with Gasteiger partial charge in [0.15, 0.2) is 23.0 Å². The Hall–Kier alpha value is -3.49. The van der Waals surface area contributed by atoms with Gasteiger partial charge in [0, 0.05) is 19.1 Å². The first-order chi connectivity index (χ1) is 12.9. The summed E-state index contributed by atoms with van der Waals surface area (Å²) in [5.74, 6) is 0.859. The van der Waals surface area contributed by atoms with Gasteiger partial charge in [-0.15, -0.1) is 5.11 Å². The van der Waals surface area contributed by atoms with Crippen molar-refractivity contribution in [1.29, 1.82) is 0 Å². The number of benzene rings is 2. The Morgan fingerprint density at radius 3 is 2.00 bits per heavy atom. The van der Waals surface area contributed by atoms with Gasteiger partial charge in [-0.25, -0.2) is 0 Å². The zero-order valence-electron chi connectivity index (χ0n) is 15.7. The van der Waals surface area contributed by atoms with Crippen molar-refractivity contribution in [2.75, 3.05) is 33.8 Å². The van der Waals surface area contributed by atoms with E-state index < -0.39 is 0 Å². The number of anilines is 1. The van der Waals surface area contributed by atoms with Crippen molar-refractivity contribution in [3.63, 3.8) is 0 Å². The van der Waals surface area contributed by atoms with E-state index in [2.05, 4.69) is 15.5 Å². The zero-order valence-corrected chi connectivity index (χ0v) is 15.7. The van der Waals surface area contributed by atoms with Crippen molar-refractivity contribution in [2.45, 2.75) is 6.92 Å². The molecule has 0 bridgehead atoms. The minimum Gasteiger partial charge on any atom is -0.503 e. The van der Waals surface area contributed by atoms with Gasteiger partial charge in [0.1, 0.15) is 11.4 Å². The molecule has 0 aromatic heterocycles. The summed E-state index contributed by atoms with van der Waals surface area (Å²) < 4.78 is 20.9. The Kier molecular flexibility index (Phi) is 6.42. The molecule has 9 nitrogen and oxygen atoms in total. The molecule has 2 rings (SSSR count). The van der Waals surface area contributed by atoms with Gasteiger partial charge in [-0.05, 0) is 12.1 Å². The topological polar surface area (TPSA) is 111 Å². The number of nitrogens with one attached hydrogen (secondary N) is 1. The molecule has 144 valence electrons. The maximum atomic E-state index is 11.4. The van der Waals surface area contributed by atoms with Crippen LogP contribution >= 0.6 is 0 Å². The Labute approximate surface area is 156 Å². The maximum absolute atomic E-state index is 11.4. The van der Waals surface area contributed by atoms with Crippen LogP contribution in [-0.2, 0) is 4.79 Å². The highest BCUT2D eigenvalue weighted by Gasteiger charge is 2.16. The van der Waals surface area contributed by atoms with Gasteiger partial charge in [0.25, 0.3) is 0 Å². The molecule has 0 radical (unpaired) electrons. The average molecular weight is 375 g/mol. The Bertz CT molecular complexity index is 841. The summed E-state index contributed by atoms with van der Waals surface area (Å²) in [6, 6.07) is 6.31. The highest BCUT2D eigenvalue weighted by Crippen LogP contribution is 2.43. The van der Waals surface area contributed by atoms with E-state index in [9.17, 15) is 9.90 Å². The van der Waals surface area contributed by atoms with E-state index in [1.807, 2.05) is 0 Å². The molecule has 0 atom stereocenters. The summed E-state index contributed by atoms with van der Waals surface area (Å²) in [4.78, 5) is 11.4. The SMILES string of the molecule is COc1ccc(/N=N/c2cc(OC)c(OC)c(OC)c2)c(NC(C)=O)c1O. The highest BCUT2D eigenvalue weighted by molar-refractivity contribution is 5.95. The van der Waals surface area contributed by atoms with Crippen LogP contribution in [0, 0.1) is 0 Å². The van der Waals surface area contributed by atoms with Crippen molar-refractivity contribution in [1.82, 2.24) is 0 Å². The number of rotatable bonds is 7. The number of nitrogens with zero attached hydrogens (tertiary/aromatic N) is 2. The molecule has 0 aliphatic carbocycles. The van der Waals surface area contributed by atoms with Crippen molar-refractivity contribution < 1.29 is 28.8 Å². The van der Waals surface area contributed by atoms with Crippen LogP contribution in [0.4, 0.5) is 17.1 Å². The van der Waals surface area contributed by atoms with E-state index in [-0.39, 0.29) is 28.8 Å². The van der Waals surface area contributed by atoms with E-state index in [0.717, 1.165) is 0 Å². The van der Waals surface area contributed by atoms with Gasteiger partial charge in [0.05, 0.1) is 34.1 Å². The second kappa shape index (κ2) is 8.75. The van der Waals surface area contributed by atoms with Gasteiger partial charge in [-0.3, -0.25) is 4.79 Å². The summed E-state index contributed by atoms with van der Waals surface area (Å²) in [5.41, 5.74) is 0.767. The highest BCUT2D eigenvalue weighted by atomic mass is 16.5. The van der Waals surface area contributed by atoms with Crippen molar-refractivity contribution in [3.05, 3.63) is 24.3 Å². The van der Waals surface area contributed by atoms with Crippen LogP contribution in [0.3, 0.4) is 0 Å². The smallest absolute Gasteiger partial charge is 0.221 e. The second-order valence-electron chi connectivity index (χ2n) is 5.28. The number of azo groups is 1. The molecule has 0 unspecified atom stereocenters. The lowest BCUT2D eigenvalue weighted by Crippen LogP contribution is -2.06. The van der Waals surface area contributed by atoms with Gasteiger partial charge in [-0.2, -0.15) is 5.11 Å². The largest absolute Gasteiger partial charge is 0.503 e. The van der Waals surface area contributed by atoms with E-state index in [1.54, 1.807) is 18.2 Å². The third-order valence-electron chi connectivity index (χ3n) is 3.56. The van der Waals surface area contributed by atoms with Crippen LogP contribution in [-0.4, -0.2) is 39.5 Å². The molecule has 0 saturated carbocycles. The van der Waals surface area contributed by atoms with E-state index in [4.69, 9.17) is 18.9 Å². The number of phenolic OH excluding ortho intramolecular Hbond substituents is 1. The molecule has 27 heavy (non-hydrogen) atoms. The van der Waals surface area contributed by atoms with Crippen LogP contribution in [0.1, 0.15) is 6.92 Å². The first-order valence-corrected chi connectivity index (χ1v) is 7.84. The lowest BCUT2D eigenvalue weighted by Gasteiger charge is -2.13. The molecule has 1 amide bonds. The number of carbonyl (C=O) groups is 1. The summed E-state index contributed by atoms with van der Waals surface area (Å²) in [7, 11) is 5.90. The number of ether oxygens (including phenoxy) is 4. The first-order valence-electron chi connectivity index (χ1n) is 7.84. The number of hydrogen-bond donors (Lipinski definition) is 2. The van der Waals surface area contributed by atoms with Gasteiger partial charge in [-0.1, -0.05) is 0 Å². The van der Waals surface area contributed by atoms with Gasteiger partial charge < -0.3 is 29.4 Å². The maximum Gasteiger partial charge on any atom is 0.221 e. The molecule has 9 heteroatoms. The molecule has 0 fully saturated rings. The molecular weight excluding hydrogens is 354 g/mol. The fourth-order valence-corrected chi connectivity index (χ4v) is 2.35. The predicted octanol–water partition coefficient (Wildman–Crippen LogP) is 3.80. The average Bonchev–Trinajstić information content (AvgIpc) is 2.67. The van der Waals surface area contributed by atoms with E-state index in [0.29, 0.717) is 22.9 Å². The fraction of sp³-hybridized carbons (Fsp3) is 0.278. The molecule has 0 heterocycles. The van der Waals surface area contributed by atoms with Crippen LogP contribution in [0.2, 0.25) is 0 Å². The molecule has 0 aliphatic rings. The monoisotopic (exact) mass is 375 g/mol. The summed E-state index contributed by atoms with van der Waals surface area (Å²) in [6.07, 6.45) is 0. The second-order valence-corrected chi connectivity index (χ2v) is 5.28. The number of methoxy groups -OCH3 is 4. The van der Waals surface area contributed by atoms with Crippen LogP contribution in [0.5, 0.6) is 28.7 Å².